The predicted octanol–water partition coefficient (Wildman–Crippen LogP) is 1.30. The van der Waals surface area contributed by atoms with Crippen LogP contribution in [0.25, 0.3) is 11.0 Å². The van der Waals surface area contributed by atoms with Crippen molar-refractivity contribution in [1.29, 1.82) is 0 Å². The fourth-order valence-corrected chi connectivity index (χ4v) is 2.72. The van der Waals surface area contributed by atoms with E-state index in [0.29, 0.717) is 19.3 Å². The van der Waals surface area contributed by atoms with Crippen LogP contribution in [-0.2, 0) is 14.0 Å². The number of hydrogen-bond acceptors (Lipinski definition) is 5. The minimum absolute atomic E-state index is 0.299. The second kappa shape index (κ2) is 4.53. The Morgan fingerprint density at radius 3 is 2.41 bits per heavy atom. The van der Waals surface area contributed by atoms with Crippen LogP contribution < -0.4 is 5.46 Å². The number of aromatic nitrogens is 3. The highest BCUT2D eigenvalue weighted by molar-refractivity contribution is 6.62. The third-order valence-corrected chi connectivity index (χ3v) is 4.99. The molecule has 0 atom stereocenters. The van der Waals surface area contributed by atoms with E-state index in [1.165, 1.54) is 0 Å². The lowest BCUT2D eigenvalue weighted by molar-refractivity contribution is -0.0274. The summed E-state index contributed by atoms with van der Waals surface area (Å²) >= 11 is 0. The molecule has 3 heterocycles. The van der Waals surface area contributed by atoms with Gasteiger partial charge in [0.15, 0.2) is 0 Å². The normalized spacial score (nSPS) is 23.9. The molecule has 116 valence electrons. The predicted molar refractivity (Wildman–Crippen MR) is 83.1 cm³/mol. The summed E-state index contributed by atoms with van der Waals surface area (Å²) in [5.74, 6) is 0. The molecule has 0 spiro atoms. The van der Waals surface area contributed by atoms with E-state index in [-0.39, 0.29) is 18.3 Å². The zero-order valence-corrected chi connectivity index (χ0v) is 13.4. The molecule has 0 bridgehead atoms. The minimum Gasteiger partial charge on any atom is -0.399 e. The Bertz CT molecular complexity index is 708. The number of rotatable bonds is 2. The molecular formula is C15H20BN3O3. The topological polar surface area (TPSA) is 58.4 Å². The largest absolute Gasteiger partial charge is 0.494 e. The van der Waals surface area contributed by atoms with E-state index in [4.69, 9.17) is 14.0 Å². The van der Waals surface area contributed by atoms with Crippen LogP contribution >= 0.6 is 0 Å². The van der Waals surface area contributed by atoms with Crippen molar-refractivity contribution >= 4 is 23.6 Å². The summed E-state index contributed by atoms with van der Waals surface area (Å²) < 4.78 is 19.3. The Morgan fingerprint density at radius 1 is 1.14 bits per heavy atom. The van der Waals surface area contributed by atoms with E-state index < -0.39 is 0 Å². The molecule has 1 aromatic heterocycles. The quantitative estimate of drug-likeness (QED) is 0.783. The van der Waals surface area contributed by atoms with E-state index in [1.54, 1.807) is 0 Å². The Kier molecular flexibility index (Phi) is 2.92. The van der Waals surface area contributed by atoms with Gasteiger partial charge in [-0.2, -0.15) is 0 Å². The number of nitrogens with zero attached hydrogens (tertiary/aromatic N) is 3. The average molecular weight is 301 g/mol. The first-order valence-corrected chi connectivity index (χ1v) is 7.66. The number of hydrogen-bond donors (Lipinski definition) is 0. The number of ether oxygens (including phenoxy) is 1. The fraction of sp³-hybridized carbons (Fsp3) is 0.600. The molecule has 2 aromatic rings. The van der Waals surface area contributed by atoms with Crippen LogP contribution in [0.5, 0.6) is 0 Å². The molecule has 2 fully saturated rings. The van der Waals surface area contributed by atoms with Crippen molar-refractivity contribution in [2.75, 3.05) is 13.2 Å². The molecule has 0 radical (unpaired) electrons. The van der Waals surface area contributed by atoms with Crippen molar-refractivity contribution in [3.63, 3.8) is 0 Å². The highest BCUT2D eigenvalue weighted by atomic mass is 16.7. The summed E-state index contributed by atoms with van der Waals surface area (Å²) in [4.78, 5) is 0. The third-order valence-electron chi connectivity index (χ3n) is 4.99. The van der Waals surface area contributed by atoms with Gasteiger partial charge in [-0.15, -0.1) is 5.10 Å². The van der Waals surface area contributed by atoms with E-state index in [1.807, 2.05) is 22.9 Å². The molecule has 6 nitrogen and oxygen atoms in total. The van der Waals surface area contributed by atoms with Crippen molar-refractivity contribution in [2.45, 2.75) is 44.9 Å². The smallest absolute Gasteiger partial charge is 0.399 e. The molecule has 2 aliphatic heterocycles. The summed E-state index contributed by atoms with van der Waals surface area (Å²) in [6.07, 6.45) is 0. The van der Waals surface area contributed by atoms with Crippen LogP contribution in [0.4, 0.5) is 0 Å². The third kappa shape index (κ3) is 2.00. The maximum Gasteiger partial charge on any atom is 0.494 e. The lowest BCUT2D eigenvalue weighted by atomic mass is 9.79. The van der Waals surface area contributed by atoms with Crippen molar-refractivity contribution in [3.8, 4) is 0 Å². The summed E-state index contributed by atoms with van der Waals surface area (Å²) in [6, 6.07) is 6.37. The van der Waals surface area contributed by atoms with Crippen molar-refractivity contribution < 1.29 is 14.0 Å². The highest BCUT2D eigenvalue weighted by Gasteiger charge is 2.51. The Balaban J connectivity index is 1.66. The summed E-state index contributed by atoms with van der Waals surface area (Å²) in [5.41, 5.74) is 2.18. The van der Waals surface area contributed by atoms with Crippen LogP contribution in [0.15, 0.2) is 18.2 Å². The van der Waals surface area contributed by atoms with Gasteiger partial charge in [-0.1, -0.05) is 11.3 Å². The van der Waals surface area contributed by atoms with E-state index >= 15 is 0 Å². The second-order valence-corrected chi connectivity index (χ2v) is 7.06. The Labute approximate surface area is 129 Å². The van der Waals surface area contributed by atoms with Gasteiger partial charge in [-0.3, -0.25) is 0 Å². The SMILES string of the molecule is CC1(C)OB(c2ccc3c(c2)nnn3C2COC2)OC1(C)C. The van der Waals surface area contributed by atoms with Crippen molar-refractivity contribution in [1.82, 2.24) is 15.0 Å². The molecule has 0 saturated carbocycles. The van der Waals surface area contributed by atoms with Gasteiger partial charge in [-0.25, -0.2) is 4.68 Å². The summed E-state index contributed by atoms with van der Waals surface area (Å²) in [6.45, 7) is 9.63. The van der Waals surface area contributed by atoms with Gasteiger partial charge in [0.2, 0.25) is 0 Å². The molecular weight excluding hydrogens is 281 g/mol. The first-order chi connectivity index (χ1) is 10.4. The van der Waals surface area contributed by atoms with Crippen LogP contribution in [0.3, 0.4) is 0 Å². The molecule has 0 N–H and O–H groups in total. The molecule has 0 amide bonds. The van der Waals surface area contributed by atoms with Gasteiger partial charge >= 0.3 is 7.12 Å². The van der Waals surface area contributed by atoms with Crippen LogP contribution in [-0.4, -0.2) is 46.5 Å². The molecule has 0 unspecified atom stereocenters. The van der Waals surface area contributed by atoms with Gasteiger partial charge in [0, 0.05) is 0 Å². The molecule has 1 aromatic carbocycles. The van der Waals surface area contributed by atoms with Crippen LogP contribution in [0.2, 0.25) is 0 Å². The van der Waals surface area contributed by atoms with Crippen molar-refractivity contribution in [3.05, 3.63) is 18.2 Å². The van der Waals surface area contributed by atoms with E-state index in [9.17, 15) is 0 Å². The molecule has 2 saturated heterocycles. The first kappa shape index (κ1) is 14.2. The lowest BCUT2D eigenvalue weighted by Gasteiger charge is -2.32. The Hall–Kier alpha value is -1.44. The molecule has 7 heteroatoms. The molecule has 22 heavy (non-hydrogen) atoms. The fourth-order valence-electron chi connectivity index (χ4n) is 2.72. The van der Waals surface area contributed by atoms with Crippen molar-refractivity contribution in [2.24, 2.45) is 0 Å². The maximum absolute atomic E-state index is 6.09. The molecule has 0 aliphatic carbocycles. The number of benzene rings is 1. The lowest BCUT2D eigenvalue weighted by Crippen LogP contribution is -2.41. The van der Waals surface area contributed by atoms with Gasteiger partial charge in [0.25, 0.3) is 0 Å². The Morgan fingerprint density at radius 2 is 1.82 bits per heavy atom. The first-order valence-electron chi connectivity index (χ1n) is 7.66. The average Bonchev–Trinajstić information content (AvgIpc) is 2.87. The second-order valence-electron chi connectivity index (χ2n) is 7.06. The van der Waals surface area contributed by atoms with Gasteiger partial charge in [0.05, 0.1) is 29.9 Å². The number of fused-ring (bicyclic) bond motifs is 1. The van der Waals surface area contributed by atoms with Crippen LogP contribution in [0, 0.1) is 0 Å². The monoisotopic (exact) mass is 301 g/mol. The van der Waals surface area contributed by atoms with Gasteiger partial charge in [0.1, 0.15) is 11.6 Å². The standard InChI is InChI=1S/C15H20BN3O3/c1-14(2)15(3,4)22-16(21-14)10-5-6-13-12(7-10)17-18-19(13)11-8-20-9-11/h5-7,11H,8-9H2,1-4H3. The minimum atomic E-state index is -0.369. The zero-order chi connectivity index (χ0) is 15.5. The van der Waals surface area contributed by atoms with E-state index in [0.717, 1.165) is 16.5 Å². The van der Waals surface area contributed by atoms with Gasteiger partial charge < -0.3 is 14.0 Å². The van der Waals surface area contributed by atoms with Crippen LogP contribution in [0.1, 0.15) is 33.7 Å². The molecule has 4 rings (SSSR count). The zero-order valence-electron chi connectivity index (χ0n) is 13.4. The highest BCUT2D eigenvalue weighted by Crippen LogP contribution is 2.36. The maximum atomic E-state index is 6.09. The van der Waals surface area contributed by atoms with E-state index in [2.05, 4.69) is 38.0 Å². The van der Waals surface area contributed by atoms with Gasteiger partial charge in [-0.05, 0) is 45.3 Å². The molecule has 2 aliphatic rings. The summed E-state index contributed by atoms with van der Waals surface area (Å²) in [5, 5.41) is 8.52. The summed E-state index contributed by atoms with van der Waals surface area (Å²) in [7, 11) is -0.369.